The topological polar surface area (TPSA) is 90.6 Å². The Labute approximate surface area is 129 Å². The summed E-state index contributed by atoms with van der Waals surface area (Å²) in [6, 6.07) is 3.64. The molecule has 3 N–H and O–H groups in total. The van der Waals surface area contributed by atoms with E-state index in [1.165, 1.54) is 0 Å². The van der Waals surface area contributed by atoms with Gasteiger partial charge in [0, 0.05) is 23.5 Å². The van der Waals surface area contributed by atoms with Crippen molar-refractivity contribution in [2.45, 2.75) is 40.7 Å². The number of amides is 1. The molecule has 0 aliphatic heterocycles. The highest BCUT2D eigenvalue weighted by atomic mass is 16.2. The van der Waals surface area contributed by atoms with Crippen LogP contribution < -0.4 is 10.9 Å². The monoisotopic (exact) mass is 302 g/mol. The van der Waals surface area contributed by atoms with Crippen molar-refractivity contribution in [2.75, 3.05) is 0 Å². The third-order valence-corrected chi connectivity index (χ3v) is 3.41. The van der Waals surface area contributed by atoms with Crippen molar-refractivity contribution in [1.29, 1.82) is 0 Å². The van der Waals surface area contributed by atoms with Gasteiger partial charge < -0.3 is 10.3 Å². The summed E-state index contributed by atoms with van der Waals surface area (Å²) in [5, 5.41) is 9.63. The van der Waals surface area contributed by atoms with Crippen LogP contribution >= 0.6 is 0 Å². The summed E-state index contributed by atoms with van der Waals surface area (Å²) in [5.74, 6) is 0.204. The van der Waals surface area contributed by atoms with E-state index in [-0.39, 0.29) is 18.0 Å². The van der Waals surface area contributed by atoms with Gasteiger partial charge in [0.1, 0.15) is 5.69 Å². The Morgan fingerprint density at radius 3 is 2.68 bits per heavy atom. The Bertz CT molecular complexity index is 728. The molecule has 0 bridgehead atoms. The van der Waals surface area contributed by atoms with Crippen LogP contribution in [0.5, 0.6) is 0 Å². The molecule has 1 amide bonds. The quantitative estimate of drug-likeness (QED) is 0.787. The number of nitrogens with one attached hydrogen (secondary N) is 3. The van der Waals surface area contributed by atoms with Crippen molar-refractivity contribution < 1.29 is 4.79 Å². The summed E-state index contributed by atoms with van der Waals surface area (Å²) < 4.78 is 0. The van der Waals surface area contributed by atoms with Crippen LogP contribution in [0, 0.1) is 19.8 Å². The van der Waals surface area contributed by atoms with Crippen LogP contribution in [0.3, 0.4) is 0 Å². The predicted molar refractivity (Wildman–Crippen MR) is 84.8 cm³/mol. The van der Waals surface area contributed by atoms with Crippen LogP contribution in [0.2, 0.25) is 0 Å². The van der Waals surface area contributed by atoms with Gasteiger partial charge in [-0.3, -0.25) is 14.7 Å². The van der Waals surface area contributed by atoms with Gasteiger partial charge in [-0.15, -0.1) is 0 Å². The summed E-state index contributed by atoms with van der Waals surface area (Å²) in [5.41, 5.74) is 3.35. The maximum Gasteiger partial charge on any atom is 0.272 e. The van der Waals surface area contributed by atoms with E-state index in [1.54, 1.807) is 6.07 Å². The van der Waals surface area contributed by atoms with E-state index in [9.17, 15) is 9.59 Å². The van der Waals surface area contributed by atoms with Crippen molar-refractivity contribution in [3.63, 3.8) is 0 Å². The zero-order chi connectivity index (χ0) is 16.3. The van der Waals surface area contributed by atoms with Gasteiger partial charge in [0.05, 0.1) is 0 Å². The van der Waals surface area contributed by atoms with Gasteiger partial charge in [-0.1, -0.05) is 13.8 Å². The summed E-state index contributed by atoms with van der Waals surface area (Å²) in [6.45, 7) is 8.09. The van der Waals surface area contributed by atoms with Crippen LogP contribution in [0.1, 0.15) is 46.9 Å². The Morgan fingerprint density at radius 1 is 1.32 bits per heavy atom. The molecule has 6 nitrogen and oxygen atoms in total. The molecule has 2 aromatic heterocycles. The van der Waals surface area contributed by atoms with Crippen molar-refractivity contribution in [3.8, 4) is 0 Å². The second kappa shape index (κ2) is 6.60. The summed E-state index contributed by atoms with van der Waals surface area (Å²) in [6.07, 6.45) is 0.844. The molecule has 2 heterocycles. The molecule has 0 spiro atoms. The molecular weight excluding hydrogens is 280 g/mol. The van der Waals surface area contributed by atoms with E-state index in [4.69, 9.17) is 0 Å². The predicted octanol–water partition coefficient (Wildman–Crippen LogP) is 1.84. The fourth-order valence-electron chi connectivity index (χ4n) is 2.38. The van der Waals surface area contributed by atoms with Gasteiger partial charge in [0.25, 0.3) is 11.5 Å². The van der Waals surface area contributed by atoms with Crippen LogP contribution in [-0.4, -0.2) is 21.1 Å². The highest BCUT2D eigenvalue weighted by molar-refractivity contribution is 5.92. The second-order valence-corrected chi connectivity index (χ2v) is 6.00. The minimum atomic E-state index is -0.286. The SMILES string of the molecule is Cc1cc(C)c(CNC(=O)c2cc(CC(C)C)[nH]n2)c(=O)[nH]1. The number of hydrogen-bond acceptors (Lipinski definition) is 3. The molecule has 2 rings (SSSR count). The van der Waals surface area contributed by atoms with Crippen LogP contribution in [0.25, 0.3) is 0 Å². The zero-order valence-corrected chi connectivity index (χ0v) is 13.4. The van der Waals surface area contributed by atoms with Crippen molar-refractivity contribution in [2.24, 2.45) is 5.92 Å². The Hall–Kier alpha value is -2.37. The van der Waals surface area contributed by atoms with Gasteiger partial charge in [-0.25, -0.2) is 0 Å². The number of aromatic nitrogens is 3. The normalized spacial score (nSPS) is 11.0. The van der Waals surface area contributed by atoms with Gasteiger partial charge in [0.15, 0.2) is 0 Å². The van der Waals surface area contributed by atoms with Gasteiger partial charge >= 0.3 is 0 Å². The van der Waals surface area contributed by atoms with E-state index in [0.717, 1.165) is 23.4 Å². The van der Waals surface area contributed by atoms with Gasteiger partial charge in [-0.05, 0) is 43.9 Å². The van der Waals surface area contributed by atoms with E-state index in [2.05, 4.69) is 34.3 Å². The molecule has 0 radical (unpaired) electrons. The first kappa shape index (κ1) is 16.0. The van der Waals surface area contributed by atoms with E-state index in [0.29, 0.717) is 17.2 Å². The minimum Gasteiger partial charge on any atom is -0.346 e. The highest BCUT2D eigenvalue weighted by Crippen LogP contribution is 2.07. The van der Waals surface area contributed by atoms with Gasteiger partial charge in [-0.2, -0.15) is 5.10 Å². The summed E-state index contributed by atoms with van der Waals surface area (Å²) in [7, 11) is 0. The maximum atomic E-state index is 12.1. The number of rotatable bonds is 5. The molecule has 22 heavy (non-hydrogen) atoms. The lowest BCUT2D eigenvalue weighted by Gasteiger charge is -2.07. The molecule has 0 saturated heterocycles. The average molecular weight is 302 g/mol. The second-order valence-electron chi connectivity index (χ2n) is 6.00. The first-order valence-corrected chi connectivity index (χ1v) is 7.38. The van der Waals surface area contributed by atoms with Crippen molar-refractivity contribution in [1.82, 2.24) is 20.5 Å². The first-order chi connectivity index (χ1) is 10.4. The lowest BCUT2D eigenvalue weighted by molar-refractivity contribution is 0.0945. The number of H-pyrrole nitrogens is 2. The average Bonchev–Trinajstić information content (AvgIpc) is 2.84. The molecular formula is C16H22N4O2. The lowest BCUT2D eigenvalue weighted by Crippen LogP contribution is -2.28. The fraction of sp³-hybridized carbons (Fsp3) is 0.438. The Balaban J connectivity index is 2.04. The third kappa shape index (κ3) is 3.84. The van der Waals surface area contributed by atoms with E-state index in [1.807, 2.05) is 19.9 Å². The van der Waals surface area contributed by atoms with E-state index >= 15 is 0 Å². The number of nitrogens with zero attached hydrogens (tertiary/aromatic N) is 1. The zero-order valence-electron chi connectivity index (χ0n) is 13.4. The molecule has 0 aromatic carbocycles. The molecule has 6 heteroatoms. The Morgan fingerprint density at radius 2 is 2.05 bits per heavy atom. The summed E-state index contributed by atoms with van der Waals surface area (Å²) >= 11 is 0. The maximum absolute atomic E-state index is 12.1. The van der Waals surface area contributed by atoms with Crippen LogP contribution in [0.4, 0.5) is 0 Å². The van der Waals surface area contributed by atoms with Crippen LogP contribution in [-0.2, 0) is 13.0 Å². The number of pyridine rings is 1. The fourth-order valence-corrected chi connectivity index (χ4v) is 2.38. The number of carbonyl (C=O) groups is 1. The van der Waals surface area contributed by atoms with Crippen LogP contribution in [0.15, 0.2) is 16.9 Å². The molecule has 2 aromatic rings. The van der Waals surface area contributed by atoms with Gasteiger partial charge in [0.2, 0.25) is 0 Å². The molecule has 0 aliphatic carbocycles. The number of hydrogen-bond donors (Lipinski definition) is 3. The largest absolute Gasteiger partial charge is 0.346 e. The number of aromatic amines is 2. The van der Waals surface area contributed by atoms with Crippen molar-refractivity contribution >= 4 is 5.91 Å². The smallest absolute Gasteiger partial charge is 0.272 e. The molecule has 0 unspecified atom stereocenters. The molecule has 0 saturated carbocycles. The highest BCUT2D eigenvalue weighted by Gasteiger charge is 2.12. The number of aryl methyl sites for hydroxylation is 2. The standard InChI is InChI=1S/C16H22N4O2/c1-9(2)5-12-7-14(20-19-12)16(22)17-8-13-10(3)6-11(4)18-15(13)21/h6-7,9H,5,8H2,1-4H3,(H,17,22)(H,18,21)(H,19,20). The summed E-state index contributed by atoms with van der Waals surface area (Å²) in [4.78, 5) is 26.7. The molecule has 118 valence electrons. The Kier molecular flexibility index (Phi) is 4.80. The lowest BCUT2D eigenvalue weighted by atomic mass is 10.1. The van der Waals surface area contributed by atoms with Crippen molar-refractivity contribution in [3.05, 3.63) is 50.7 Å². The molecule has 0 atom stereocenters. The first-order valence-electron chi connectivity index (χ1n) is 7.38. The van der Waals surface area contributed by atoms with E-state index < -0.39 is 0 Å². The third-order valence-electron chi connectivity index (χ3n) is 3.41. The molecule has 0 fully saturated rings. The minimum absolute atomic E-state index is 0.166. The number of carbonyl (C=O) groups excluding carboxylic acids is 1. The molecule has 0 aliphatic rings.